The number of hydrogen-bond acceptors (Lipinski definition) is 5. The number of nitrogens with one attached hydrogen (secondary N) is 2. The van der Waals surface area contributed by atoms with Crippen LogP contribution in [0, 0.1) is 0 Å². The van der Waals surface area contributed by atoms with E-state index in [1.54, 1.807) is 49.4 Å². The second-order valence-corrected chi connectivity index (χ2v) is 7.36. The van der Waals surface area contributed by atoms with Crippen molar-refractivity contribution in [2.75, 3.05) is 30.0 Å². The number of methoxy groups -OCH3 is 2. The van der Waals surface area contributed by atoms with E-state index in [2.05, 4.69) is 10.0 Å². The largest absolute Gasteiger partial charge is 0.497 e. The van der Waals surface area contributed by atoms with Crippen LogP contribution in [0.3, 0.4) is 0 Å². The van der Waals surface area contributed by atoms with Crippen LogP contribution in [0.25, 0.3) is 0 Å². The molecule has 0 bridgehead atoms. The molecule has 0 aromatic heterocycles. The summed E-state index contributed by atoms with van der Waals surface area (Å²) in [5.41, 5.74) is 1.30. The third kappa shape index (κ3) is 5.13. The van der Waals surface area contributed by atoms with Crippen LogP contribution in [0.15, 0.2) is 42.5 Å². The number of carbonyl (C=O) groups excluding carboxylic acids is 1. The van der Waals surface area contributed by atoms with Gasteiger partial charge in [-0.05, 0) is 48.9 Å². The highest BCUT2D eigenvalue weighted by Gasteiger charge is 2.14. The summed E-state index contributed by atoms with van der Waals surface area (Å²) in [6.07, 6.45) is 0.534. The summed E-state index contributed by atoms with van der Waals surface area (Å²) in [5.74, 6) is 0.658. The van der Waals surface area contributed by atoms with Crippen LogP contribution in [0.4, 0.5) is 11.4 Å². The predicted octanol–water partition coefficient (Wildman–Crippen LogP) is 3.11. The van der Waals surface area contributed by atoms with Gasteiger partial charge in [-0.2, -0.15) is 0 Å². The minimum absolute atomic E-state index is 0.0567. The quantitative estimate of drug-likeness (QED) is 0.736. The molecule has 2 aromatic rings. The van der Waals surface area contributed by atoms with Gasteiger partial charge >= 0.3 is 0 Å². The van der Waals surface area contributed by atoms with E-state index in [4.69, 9.17) is 9.47 Å². The molecule has 0 atom stereocenters. The Balaban J connectivity index is 2.13. The van der Waals surface area contributed by atoms with Gasteiger partial charge in [-0.15, -0.1) is 0 Å². The van der Waals surface area contributed by atoms with Crippen LogP contribution in [0.1, 0.15) is 23.7 Å². The highest BCUT2D eigenvalue weighted by Crippen LogP contribution is 2.25. The van der Waals surface area contributed by atoms with E-state index >= 15 is 0 Å². The summed E-state index contributed by atoms with van der Waals surface area (Å²) in [5, 5.41) is 2.75. The number of anilines is 2. The van der Waals surface area contributed by atoms with Crippen molar-refractivity contribution >= 4 is 27.3 Å². The molecular formula is C18H22N2O5S. The van der Waals surface area contributed by atoms with E-state index in [9.17, 15) is 13.2 Å². The van der Waals surface area contributed by atoms with Gasteiger partial charge in [0.15, 0.2) is 0 Å². The molecule has 0 aliphatic heterocycles. The molecule has 0 aliphatic carbocycles. The topological polar surface area (TPSA) is 93.7 Å². The molecule has 0 heterocycles. The van der Waals surface area contributed by atoms with Crippen molar-refractivity contribution in [2.24, 2.45) is 0 Å². The van der Waals surface area contributed by atoms with Crippen molar-refractivity contribution in [1.82, 2.24) is 0 Å². The van der Waals surface area contributed by atoms with Gasteiger partial charge in [-0.3, -0.25) is 9.52 Å². The Bertz CT molecular complexity index is 864. The van der Waals surface area contributed by atoms with Crippen molar-refractivity contribution in [3.8, 4) is 11.5 Å². The van der Waals surface area contributed by atoms with Crippen LogP contribution < -0.4 is 19.5 Å². The maximum atomic E-state index is 12.5. The fourth-order valence-corrected chi connectivity index (χ4v) is 3.45. The van der Waals surface area contributed by atoms with Gasteiger partial charge in [-0.25, -0.2) is 8.42 Å². The Kier molecular flexibility index (Phi) is 6.46. The molecule has 0 saturated carbocycles. The smallest absolute Gasteiger partial charge is 0.259 e. The molecule has 7 nitrogen and oxygen atoms in total. The highest BCUT2D eigenvalue weighted by atomic mass is 32.2. The van der Waals surface area contributed by atoms with Crippen molar-refractivity contribution < 1.29 is 22.7 Å². The van der Waals surface area contributed by atoms with Gasteiger partial charge in [0.2, 0.25) is 10.0 Å². The fourth-order valence-electron chi connectivity index (χ4n) is 2.31. The van der Waals surface area contributed by atoms with Crippen LogP contribution in [-0.2, 0) is 10.0 Å². The monoisotopic (exact) mass is 378 g/mol. The summed E-state index contributed by atoms with van der Waals surface area (Å²) in [4.78, 5) is 12.5. The minimum Gasteiger partial charge on any atom is -0.497 e. The van der Waals surface area contributed by atoms with Crippen LogP contribution in [0.2, 0.25) is 0 Å². The zero-order valence-corrected chi connectivity index (χ0v) is 15.7. The molecule has 2 N–H and O–H groups in total. The zero-order valence-electron chi connectivity index (χ0n) is 14.9. The number of rotatable bonds is 8. The molecular weight excluding hydrogens is 356 g/mol. The predicted molar refractivity (Wildman–Crippen MR) is 102 cm³/mol. The van der Waals surface area contributed by atoms with Crippen LogP contribution in [-0.4, -0.2) is 34.3 Å². The third-order valence-electron chi connectivity index (χ3n) is 3.54. The van der Waals surface area contributed by atoms with E-state index in [1.165, 1.54) is 14.2 Å². The molecule has 0 unspecified atom stereocenters. The summed E-state index contributed by atoms with van der Waals surface area (Å²) in [6, 6.07) is 11.4. The molecule has 2 aromatic carbocycles. The lowest BCUT2D eigenvalue weighted by Crippen LogP contribution is -2.16. The summed E-state index contributed by atoms with van der Waals surface area (Å²) in [7, 11) is -0.350. The maximum Gasteiger partial charge on any atom is 0.259 e. The molecule has 26 heavy (non-hydrogen) atoms. The SMILES string of the molecule is CCCS(=O)(=O)Nc1ccc(NC(=O)c2cc(OC)ccc2OC)cc1. The summed E-state index contributed by atoms with van der Waals surface area (Å²) in [6.45, 7) is 1.80. The first-order valence-electron chi connectivity index (χ1n) is 8.02. The van der Waals surface area contributed by atoms with Gasteiger partial charge in [0.25, 0.3) is 5.91 Å². The third-order valence-corrected chi connectivity index (χ3v) is 5.03. The fraction of sp³-hybridized carbons (Fsp3) is 0.278. The Labute approximate surface area is 153 Å². The summed E-state index contributed by atoms with van der Waals surface area (Å²) >= 11 is 0. The standard InChI is InChI=1S/C18H22N2O5S/c1-4-11-26(22,23)20-14-7-5-13(6-8-14)19-18(21)16-12-15(24-2)9-10-17(16)25-3/h5-10,12,20H,4,11H2,1-3H3,(H,19,21). The van der Waals surface area contributed by atoms with E-state index < -0.39 is 10.0 Å². The van der Waals surface area contributed by atoms with Crippen molar-refractivity contribution in [3.05, 3.63) is 48.0 Å². The van der Waals surface area contributed by atoms with Gasteiger partial charge < -0.3 is 14.8 Å². The van der Waals surface area contributed by atoms with Gasteiger partial charge in [-0.1, -0.05) is 6.92 Å². The van der Waals surface area contributed by atoms with Crippen molar-refractivity contribution in [1.29, 1.82) is 0 Å². The number of hydrogen-bond donors (Lipinski definition) is 2. The molecule has 140 valence electrons. The lowest BCUT2D eigenvalue weighted by molar-refractivity contribution is 0.102. The molecule has 0 aliphatic rings. The second-order valence-electron chi connectivity index (χ2n) is 5.52. The van der Waals surface area contributed by atoms with E-state index in [-0.39, 0.29) is 11.7 Å². The number of ether oxygens (including phenoxy) is 2. The first kappa shape index (κ1) is 19.6. The molecule has 0 saturated heterocycles. The van der Waals surface area contributed by atoms with Gasteiger partial charge in [0.05, 0.1) is 25.5 Å². The van der Waals surface area contributed by atoms with Crippen LogP contribution in [0.5, 0.6) is 11.5 Å². The normalized spacial score (nSPS) is 10.9. The average molecular weight is 378 g/mol. The Morgan fingerprint density at radius 2 is 1.65 bits per heavy atom. The van der Waals surface area contributed by atoms with E-state index in [0.717, 1.165) is 0 Å². The Morgan fingerprint density at radius 1 is 1.00 bits per heavy atom. The Hall–Kier alpha value is -2.74. The highest BCUT2D eigenvalue weighted by molar-refractivity contribution is 7.92. The zero-order chi connectivity index (χ0) is 19.2. The average Bonchev–Trinajstić information content (AvgIpc) is 2.62. The number of sulfonamides is 1. The van der Waals surface area contributed by atoms with Crippen molar-refractivity contribution in [3.63, 3.8) is 0 Å². The Morgan fingerprint density at radius 3 is 2.23 bits per heavy atom. The molecule has 0 radical (unpaired) electrons. The second kappa shape index (κ2) is 8.57. The number of carbonyl (C=O) groups is 1. The molecule has 8 heteroatoms. The molecule has 0 fully saturated rings. The number of benzene rings is 2. The summed E-state index contributed by atoms with van der Waals surface area (Å²) < 4.78 is 36.4. The first-order valence-corrected chi connectivity index (χ1v) is 9.67. The molecule has 0 spiro atoms. The number of amides is 1. The lowest BCUT2D eigenvalue weighted by Gasteiger charge is -2.12. The van der Waals surface area contributed by atoms with E-state index in [1.807, 2.05) is 0 Å². The van der Waals surface area contributed by atoms with Gasteiger partial charge in [0, 0.05) is 11.4 Å². The maximum absolute atomic E-state index is 12.5. The molecule has 2 rings (SSSR count). The van der Waals surface area contributed by atoms with Gasteiger partial charge in [0.1, 0.15) is 11.5 Å². The van der Waals surface area contributed by atoms with Crippen molar-refractivity contribution in [2.45, 2.75) is 13.3 Å². The first-order chi connectivity index (χ1) is 12.4. The van der Waals surface area contributed by atoms with E-state index in [0.29, 0.717) is 34.9 Å². The minimum atomic E-state index is -3.35. The molecule has 1 amide bonds. The lowest BCUT2D eigenvalue weighted by atomic mass is 10.1. The van der Waals surface area contributed by atoms with Crippen LogP contribution >= 0.6 is 0 Å².